The molecule has 0 fully saturated rings. The van der Waals surface area contributed by atoms with Gasteiger partial charge in [0.05, 0.1) is 13.2 Å². The number of nitrogens with one attached hydrogen (secondary N) is 1. The third kappa shape index (κ3) is 5.99. The minimum atomic E-state index is 0.608. The van der Waals surface area contributed by atoms with E-state index in [0.717, 1.165) is 49.6 Å². The summed E-state index contributed by atoms with van der Waals surface area (Å²) >= 11 is 0. The molecule has 0 saturated carbocycles. The molecule has 0 atom stereocenters. The molecule has 0 saturated heterocycles. The first-order valence-electron chi connectivity index (χ1n) is 7.30. The highest BCUT2D eigenvalue weighted by molar-refractivity contribution is 5.40. The predicted molar refractivity (Wildman–Crippen MR) is 83.2 cm³/mol. The van der Waals surface area contributed by atoms with Crippen molar-refractivity contribution in [2.45, 2.75) is 40.2 Å². The van der Waals surface area contributed by atoms with Crippen molar-refractivity contribution >= 4 is 0 Å². The van der Waals surface area contributed by atoms with Crippen LogP contribution in [0, 0.1) is 11.8 Å². The Labute approximate surface area is 122 Å². The Morgan fingerprint density at radius 1 is 1.15 bits per heavy atom. The van der Waals surface area contributed by atoms with Crippen LogP contribution in [-0.2, 0) is 6.54 Å². The van der Waals surface area contributed by atoms with Gasteiger partial charge in [-0.1, -0.05) is 19.9 Å². The molecule has 0 bridgehead atoms. The third-order valence-electron chi connectivity index (χ3n) is 2.74. The number of ether oxygens (including phenoxy) is 2. The Hall–Kier alpha value is -1.66. The Morgan fingerprint density at radius 3 is 2.70 bits per heavy atom. The SMILES string of the molecule is CC#CCCOc1cc(OCCC)ccc1CNCC. The van der Waals surface area contributed by atoms with E-state index in [1.807, 2.05) is 19.1 Å². The zero-order chi connectivity index (χ0) is 14.6. The maximum absolute atomic E-state index is 5.83. The Balaban J connectivity index is 2.72. The van der Waals surface area contributed by atoms with Gasteiger partial charge in [-0.05, 0) is 26.0 Å². The Bertz CT molecular complexity index is 446. The second kappa shape index (κ2) is 10.2. The highest BCUT2D eigenvalue weighted by Crippen LogP contribution is 2.25. The zero-order valence-electron chi connectivity index (χ0n) is 12.8. The lowest BCUT2D eigenvalue weighted by Gasteiger charge is -2.13. The van der Waals surface area contributed by atoms with E-state index in [0.29, 0.717) is 6.61 Å². The fourth-order valence-electron chi connectivity index (χ4n) is 1.72. The van der Waals surface area contributed by atoms with Crippen LogP contribution in [0.25, 0.3) is 0 Å². The number of benzene rings is 1. The molecule has 0 aliphatic carbocycles. The molecule has 1 rings (SSSR count). The van der Waals surface area contributed by atoms with E-state index in [4.69, 9.17) is 9.47 Å². The van der Waals surface area contributed by atoms with Crippen LogP contribution in [0.1, 0.15) is 39.2 Å². The van der Waals surface area contributed by atoms with Crippen molar-refractivity contribution in [2.24, 2.45) is 0 Å². The van der Waals surface area contributed by atoms with E-state index < -0.39 is 0 Å². The molecule has 0 radical (unpaired) electrons. The molecular weight excluding hydrogens is 250 g/mol. The van der Waals surface area contributed by atoms with Crippen LogP contribution >= 0.6 is 0 Å². The van der Waals surface area contributed by atoms with Gasteiger partial charge in [0.1, 0.15) is 11.5 Å². The molecule has 110 valence electrons. The fraction of sp³-hybridized carbons (Fsp3) is 0.529. The molecule has 3 heteroatoms. The maximum Gasteiger partial charge on any atom is 0.127 e. The second-order valence-electron chi connectivity index (χ2n) is 4.42. The van der Waals surface area contributed by atoms with Crippen molar-refractivity contribution in [1.82, 2.24) is 5.32 Å². The first-order chi connectivity index (χ1) is 9.81. The van der Waals surface area contributed by atoms with Gasteiger partial charge >= 0.3 is 0 Å². The van der Waals surface area contributed by atoms with E-state index in [1.165, 1.54) is 0 Å². The van der Waals surface area contributed by atoms with Gasteiger partial charge in [0.15, 0.2) is 0 Å². The summed E-state index contributed by atoms with van der Waals surface area (Å²) in [6.07, 6.45) is 1.75. The molecular formula is C17H25NO2. The minimum absolute atomic E-state index is 0.608. The standard InChI is InChI=1S/C17H25NO2/c1-4-7-8-12-20-17-13-16(19-11-5-2)10-9-15(17)14-18-6-3/h9-10,13,18H,5-6,8,11-12,14H2,1-3H3. The number of rotatable bonds is 9. The van der Waals surface area contributed by atoms with Crippen LogP contribution in [0.2, 0.25) is 0 Å². The minimum Gasteiger partial charge on any atom is -0.493 e. The molecule has 0 aliphatic rings. The smallest absolute Gasteiger partial charge is 0.127 e. The van der Waals surface area contributed by atoms with Crippen LogP contribution in [-0.4, -0.2) is 19.8 Å². The molecule has 1 aromatic rings. The average Bonchev–Trinajstić information content (AvgIpc) is 2.48. The van der Waals surface area contributed by atoms with Crippen LogP contribution < -0.4 is 14.8 Å². The van der Waals surface area contributed by atoms with E-state index >= 15 is 0 Å². The van der Waals surface area contributed by atoms with Gasteiger partial charge in [0, 0.05) is 24.6 Å². The van der Waals surface area contributed by atoms with Crippen LogP contribution in [0.5, 0.6) is 11.5 Å². The average molecular weight is 275 g/mol. The summed E-state index contributed by atoms with van der Waals surface area (Å²) in [6.45, 7) is 9.12. The monoisotopic (exact) mass is 275 g/mol. The molecule has 0 unspecified atom stereocenters. The largest absolute Gasteiger partial charge is 0.493 e. The first-order valence-corrected chi connectivity index (χ1v) is 7.30. The summed E-state index contributed by atoms with van der Waals surface area (Å²) in [7, 11) is 0. The van der Waals surface area contributed by atoms with E-state index in [-0.39, 0.29) is 0 Å². The molecule has 20 heavy (non-hydrogen) atoms. The van der Waals surface area contributed by atoms with Crippen LogP contribution in [0.15, 0.2) is 18.2 Å². The lowest BCUT2D eigenvalue weighted by Crippen LogP contribution is -2.13. The van der Waals surface area contributed by atoms with Crippen molar-refractivity contribution in [2.75, 3.05) is 19.8 Å². The quantitative estimate of drug-likeness (QED) is 0.553. The van der Waals surface area contributed by atoms with Crippen LogP contribution in [0.3, 0.4) is 0 Å². The Morgan fingerprint density at radius 2 is 2.00 bits per heavy atom. The molecule has 0 heterocycles. The first kappa shape index (κ1) is 16.4. The van der Waals surface area contributed by atoms with Gasteiger partial charge in [-0.2, -0.15) is 0 Å². The van der Waals surface area contributed by atoms with Crippen molar-refractivity contribution in [3.63, 3.8) is 0 Å². The molecule has 0 amide bonds. The maximum atomic E-state index is 5.83. The van der Waals surface area contributed by atoms with Crippen molar-refractivity contribution in [3.05, 3.63) is 23.8 Å². The summed E-state index contributed by atoms with van der Waals surface area (Å²) in [5, 5.41) is 3.32. The van der Waals surface area contributed by atoms with Crippen molar-refractivity contribution < 1.29 is 9.47 Å². The highest BCUT2D eigenvalue weighted by Gasteiger charge is 2.06. The van der Waals surface area contributed by atoms with Gasteiger partial charge in [0.2, 0.25) is 0 Å². The topological polar surface area (TPSA) is 30.5 Å². The summed E-state index contributed by atoms with van der Waals surface area (Å²) < 4.78 is 11.5. The summed E-state index contributed by atoms with van der Waals surface area (Å²) in [6, 6.07) is 6.04. The second-order valence-corrected chi connectivity index (χ2v) is 4.42. The molecule has 0 aromatic heterocycles. The normalized spacial score (nSPS) is 9.75. The summed E-state index contributed by atoms with van der Waals surface area (Å²) in [5.41, 5.74) is 1.15. The highest BCUT2D eigenvalue weighted by atomic mass is 16.5. The van der Waals surface area contributed by atoms with Crippen LogP contribution in [0.4, 0.5) is 0 Å². The van der Waals surface area contributed by atoms with Gasteiger partial charge in [-0.3, -0.25) is 0 Å². The molecule has 0 spiro atoms. The fourth-order valence-corrected chi connectivity index (χ4v) is 1.72. The van der Waals surface area contributed by atoms with E-state index in [9.17, 15) is 0 Å². The number of hydrogen-bond acceptors (Lipinski definition) is 3. The lowest BCUT2D eigenvalue weighted by molar-refractivity contribution is 0.303. The lowest BCUT2D eigenvalue weighted by atomic mass is 10.2. The third-order valence-corrected chi connectivity index (χ3v) is 2.74. The molecule has 1 N–H and O–H groups in total. The van der Waals surface area contributed by atoms with Gasteiger partial charge in [-0.15, -0.1) is 11.8 Å². The van der Waals surface area contributed by atoms with Gasteiger partial charge in [0.25, 0.3) is 0 Å². The molecule has 1 aromatic carbocycles. The number of hydrogen-bond donors (Lipinski definition) is 1. The van der Waals surface area contributed by atoms with E-state index in [2.05, 4.69) is 37.1 Å². The van der Waals surface area contributed by atoms with Crippen molar-refractivity contribution in [1.29, 1.82) is 0 Å². The van der Waals surface area contributed by atoms with Gasteiger partial charge < -0.3 is 14.8 Å². The molecule has 3 nitrogen and oxygen atoms in total. The predicted octanol–water partition coefficient (Wildman–Crippen LogP) is 3.38. The molecule has 0 aliphatic heterocycles. The van der Waals surface area contributed by atoms with Gasteiger partial charge in [-0.25, -0.2) is 0 Å². The Kier molecular flexibility index (Phi) is 8.33. The van der Waals surface area contributed by atoms with E-state index in [1.54, 1.807) is 0 Å². The summed E-state index contributed by atoms with van der Waals surface area (Å²) in [4.78, 5) is 0. The van der Waals surface area contributed by atoms with Crippen molar-refractivity contribution in [3.8, 4) is 23.3 Å². The summed E-state index contributed by atoms with van der Waals surface area (Å²) in [5.74, 6) is 7.63. The zero-order valence-corrected chi connectivity index (χ0v) is 12.8.